The maximum atomic E-state index is 12.5. The minimum absolute atomic E-state index is 0.249. The largest absolute Gasteiger partial charge is 0.411 e. The summed E-state index contributed by atoms with van der Waals surface area (Å²) in [5.74, 6) is 0.145. The van der Waals surface area contributed by atoms with E-state index in [9.17, 15) is 4.79 Å². The molecule has 9 heteroatoms. The Labute approximate surface area is 174 Å². The average Bonchev–Trinajstić information content (AvgIpc) is 3.31. The summed E-state index contributed by atoms with van der Waals surface area (Å²) in [5.41, 5.74) is 2.26. The normalized spacial score (nSPS) is 12.2. The van der Waals surface area contributed by atoms with Gasteiger partial charge in [-0.05, 0) is 31.2 Å². The molecular weight excluding hydrogens is 419 g/mol. The molecule has 2 aromatic heterocycles. The van der Waals surface area contributed by atoms with Gasteiger partial charge in [0.15, 0.2) is 0 Å². The number of hydrogen-bond acceptors (Lipinski definition) is 5. The van der Waals surface area contributed by atoms with Crippen LogP contribution in [0.25, 0.3) is 22.4 Å². The number of thioether (sulfide) groups is 1. The molecule has 4 rings (SSSR count). The lowest BCUT2D eigenvalue weighted by atomic mass is 10.2. The summed E-state index contributed by atoms with van der Waals surface area (Å²) in [4.78, 5) is 15.6. The van der Waals surface area contributed by atoms with Crippen molar-refractivity contribution in [1.29, 1.82) is 0 Å². The molecule has 28 heavy (non-hydrogen) atoms. The number of fused-ring (bicyclic) bond motifs is 1. The first-order chi connectivity index (χ1) is 13.5. The van der Waals surface area contributed by atoms with Crippen LogP contribution in [0.2, 0.25) is 10.0 Å². The molecule has 1 amide bonds. The van der Waals surface area contributed by atoms with Crippen molar-refractivity contribution in [3.8, 4) is 11.5 Å². The Morgan fingerprint density at radius 2 is 2.04 bits per heavy atom. The number of carbonyl (C=O) groups is 1. The zero-order chi connectivity index (χ0) is 19.7. The number of nitrogens with one attached hydrogen (secondary N) is 2. The first-order valence-corrected chi connectivity index (χ1v) is 9.97. The zero-order valence-electron chi connectivity index (χ0n) is 14.6. The van der Waals surface area contributed by atoms with E-state index in [2.05, 4.69) is 20.5 Å². The van der Waals surface area contributed by atoms with Gasteiger partial charge >= 0.3 is 0 Å². The standard InChI is InChI=1S/C19H14Cl2N4O2S/c1-10(17(26)23-16-8-11(20)6-7-14(16)21)28-19-25-24-18(27-19)13-9-22-15-5-3-2-4-12(13)15/h2-10,22H,1H3,(H,23,26). The highest BCUT2D eigenvalue weighted by atomic mass is 35.5. The number of nitrogens with zero attached hydrogens (tertiary/aromatic N) is 2. The van der Waals surface area contributed by atoms with Gasteiger partial charge in [0.2, 0.25) is 5.91 Å². The van der Waals surface area contributed by atoms with E-state index in [1.54, 1.807) is 25.1 Å². The lowest BCUT2D eigenvalue weighted by molar-refractivity contribution is -0.115. The number of benzene rings is 2. The SMILES string of the molecule is CC(Sc1nnc(-c2c[nH]c3ccccc23)o1)C(=O)Nc1cc(Cl)ccc1Cl. The molecule has 2 heterocycles. The van der Waals surface area contributed by atoms with E-state index in [1.165, 1.54) is 11.8 Å². The monoisotopic (exact) mass is 432 g/mol. The molecule has 2 aromatic carbocycles. The maximum absolute atomic E-state index is 12.5. The first-order valence-electron chi connectivity index (χ1n) is 8.34. The van der Waals surface area contributed by atoms with E-state index in [0.717, 1.165) is 16.5 Å². The van der Waals surface area contributed by atoms with E-state index in [0.29, 0.717) is 26.8 Å². The molecule has 6 nitrogen and oxygen atoms in total. The molecule has 1 atom stereocenters. The Morgan fingerprint density at radius 3 is 2.89 bits per heavy atom. The fourth-order valence-corrected chi connectivity index (χ4v) is 3.67. The second-order valence-corrected chi connectivity index (χ2v) is 8.13. The van der Waals surface area contributed by atoms with Crippen molar-refractivity contribution in [3.05, 3.63) is 58.7 Å². The van der Waals surface area contributed by atoms with Crippen molar-refractivity contribution >= 4 is 57.5 Å². The van der Waals surface area contributed by atoms with Crippen LogP contribution in [0, 0.1) is 0 Å². The summed E-state index contributed by atoms with van der Waals surface area (Å²) < 4.78 is 5.74. The lowest BCUT2D eigenvalue weighted by Gasteiger charge is -2.11. The Kier molecular flexibility index (Phi) is 5.30. The van der Waals surface area contributed by atoms with Crippen LogP contribution in [0.3, 0.4) is 0 Å². The quantitative estimate of drug-likeness (QED) is 0.398. The Hall–Kier alpha value is -2.48. The summed E-state index contributed by atoms with van der Waals surface area (Å²) in [7, 11) is 0. The summed E-state index contributed by atoms with van der Waals surface area (Å²) >= 11 is 13.2. The first kappa shape index (κ1) is 18.9. The molecule has 0 bridgehead atoms. The number of aromatic amines is 1. The predicted molar refractivity (Wildman–Crippen MR) is 112 cm³/mol. The minimum atomic E-state index is -0.480. The van der Waals surface area contributed by atoms with Crippen molar-refractivity contribution in [3.63, 3.8) is 0 Å². The third kappa shape index (κ3) is 3.87. The summed E-state index contributed by atoms with van der Waals surface area (Å²) in [6.07, 6.45) is 1.82. The van der Waals surface area contributed by atoms with E-state index in [4.69, 9.17) is 27.6 Å². The molecular formula is C19H14Cl2N4O2S. The number of para-hydroxylation sites is 1. The predicted octanol–water partition coefficient (Wildman–Crippen LogP) is 5.64. The molecule has 1 unspecified atom stereocenters. The number of anilines is 1. The van der Waals surface area contributed by atoms with Gasteiger partial charge in [-0.2, -0.15) is 0 Å². The van der Waals surface area contributed by atoms with Gasteiger partial charge < -0.3 is 14.7 Å². The Morgan fingerprint density at radius 1 is 1.21 bits per heavy atom. The molecule has 4 aromatic rings. The van der Waals surface area contributed by atoms with Gasteiger partial charge in [0.1, 0.15) is 0 Å². The van der Waals surface area contributed by atoms with E-state index < -0.39 is 5.25 Å². The van der Waals surface area contributed by atoms with Crippen LogP contribution >= 0.6 is 35.0 Å². The highest BCUT2D eigenvalue weighted by Gasteiger charge is 2.20. The van der Waals surface area contributed by atoms with E-state index >= 15 is 0 Å². The number of H-pyrrole nitrogens is 1. The van der Waals surface area contributed by atoms with Gasteiger partial charge in [-0.25, -0.2) is 0 Å². The van der Waals surface area contributed by atoms with Crippen molar-refractivity contribution < 1.29 is 9.21 Å². The van der Waals surface area contributed by atoms with Crippen LogP contribution < -0.4 is 5.32 Å². The second-order valence-electron chi connectivity index (χ2n) is 5.99. The van der Waals surface area contributed by atoms with Crippen LogP contribution in [0.5, 0.6) is 0 Å². The van der Waals surface area contributed by atoms with Gasteiger partial charge in [-0.3, -0.25) is 4.79 Å². The van der Waals surface area contributed by atoms with Gasteiger partial charge in [0.05, 0.1) is 21.5 Å². The van der Waals surface area contributed by atoms with Gasteiger partial charge in [0, 0.05) is 22.1 Å². The number of hydrogen-bond donors (Lipinski definition) is 2. The van der Waals surface area contributed by atoms with Crippen LogP contribution in [0.1, 0.15) is 6.92 Å². The van der Waals surface area contributed by atoms with Crippen molar-refractivity contribution in [2.24, 2.45) is 0 Å². The smallest absolute Gasteiger partial charge is 0.277 e. The molecule has 0 fully saturated rings. The van der Waals surface area contributed by atoms with Crippen LogP contribution in [0.15, 0.2) is 58.3 Å². The summed E-state index contributed by atoms with van der Waals surface area (Å²) in [5, 5.41) is 12.6. The molecule has 0 radical (unpaired) electrons. The second kappa shape index (κ2) is 7.87. The number of rotatable bonds is 5. The Bertz CT molecular complexity index is 1160. The van der Waals surface area contributed by atoms with E-state index in [-0.39, 0.29) is 5.91 Å². The highest BCUT2D eigenvalue weighted by molar-refractivity contribution is 8.00. The molecule has 2 N–H and O–H groups in total. The molecule has 0 saturated heterocycles. The third-order valence-electron chi connectivity index (χ3n) is 4.06. The topological polar surface area (TPSA) is 83.8 Å². The molecule has 0 aliphatic carbocycles. The van der Waals surface area contributed by atoms with Crippen LogP contribution in [-0.2, 0) is 4.79 Å². The van der Waals surface area contributed by atoms with Crippen molar-refractivity contribution in [1.82, 2.24) is 15.2 Å². The third-order valence-corrected chi connectivity index (χ3v) is 5.56. The molecule has 0 aliphatic heterocycles. The molecule has 0 saturated carbocycles. The molecule has 0 spiro atoms. The Balaban J connectivity index is 1.47. The fraction of sp³-hybridized carbons (Fsp3) is 0.105. The molecule has 142 valence electrons. The number of amides is 1. The van der Waals surface area contributed by atoms with Gasteiger partial charge in [0.25, 0.3) is 11.1 Å². The fourth-order valence-electron chi connectivity index (χ4n) is 2.65. The maximum Gasteiger partial charge on any atom is 0.277 e. The summed E-state index contributed by atoms with van der Waals surface area (Å²) in [6, 6.07) is 12.7. The van der Waals surface area contributed by atoms with Crippen molar-refractivity contribution in [2.75, 3.05) is 5.32 Å². The summed E-state index contributed by atoms with van der Waals surface area (Å²) in [6.45, 7) is 1.74. The van der Waals surface area contributed by atoms with E-state index in [1.807, 2.05) is 30.5 Å². The zero-order valence-corrected chi connectivity index (χ0v) is 16.9. The number of carbonyl (C=O) groups excluding carboxylic acids is 1. The van der Waals surface area contributed by atoms with Gasteiger partial charge in [-0.1, -0.05) is 53.2 Å². The molecule has 0 aliphatic rings. The average molecular weight is 433 g/mol. The van der Waals surface area contributed by atoms with Crippen molar-refractivity contribution in [2.45, 2.75) is 17.4 Å². The number of aromatic nitrogens is 3. The lowest BCUT2D eigenvalue weighted by Crippen LogP contribution is -2.22. The highest BCUT2D eigenvalue weighted by Crippen LogP contribution is 2.31. The minimum Gasteiger partial charge on any atom is -0.411 e. The van der Waals surface area contributed by atoms with Crippen LogP contribution in [-0.4, -0.2) is 26.3 Å². The van der Waals surface area contributed by atoms with Crippen LogP contribution in [0.4, 0.5) is 5.69 Å². The number of halogens is 2. The van der Waals surface area contributed by atoms with Gasteiger partial charge in [-0.15, -0.1) is 10.2 Å².